The van der Waals surface area contributed by atoms with E-state index in [0.29, 0.717) is 0 Å². The van der Waals surface area contributed by atoms with E-state index in [0.717, 1.165) is 12.1 Å². The topological polar surface area (TPSA) is 20.2 Å². The molecule has 1 unspecified atom stereocenters. The molecule has 1 nitrogen and oxygen atoms in total. The van der Waals surface area contributed by atoms with E-state index in [2.05, 4.69) is 15.9 Å². The third kappa shape index (κ3) is 2.39. The second-order valence-electron chi connectivity index (χ2n) is 2.46. The van der Waals surface area contributed by atoms with Gasteiger partial charge in [0, 0.05) is 10.9 Å². The van der Waals surface area contributed by atoms with Crippen LogP contribution in [-0.2, 0) is 0 Å². The zero-order chi connectivity index (χ0) is 10.0. The molecular weight excluding hydrogens is 265 g/mol. The maximum absolute atomic E-state index is 13.0. The van der Waals surface area contributed by atoms with Gasteiger partial charge >= 0.3 is 0 Å². The van der Waals surface area contributed by atoms with Crippen molar-refractivity contribution in [2.45, 2.75) is 6.10 Å². The second-order valence-corrected chi connectivity index (χ2v) is 3.51. The number of halogens is 4. The maximum atomic E-state index is 13.0. The molecule has 0 aromatic heterocycles. The highest BCUT2D eigenvalue weighted by Gasteiger charge is 2.14. The molecule has 0 aliphatic carbocycles. The van der Waals surface area contributed by atoms with Crippen molar-refractivity contribution in [1.82, 2.24) is 0 Å². The van der Waals surface area contributed by atoms with E-state index in [1.807, 2.05) is 0 Å². The van der Waals surface area contributed by atoms with Crippen molar-refractivity contribution in [3.8, 4) is 0 Å². The molecule has 1 aromatic rings. The van der Waals surface area contributed by atoms with Crippen LogP contribution in [0.1, 0.15) is 11.7 Å². The Balaban J connectivity index is 3.15. The summed E-state index contributed by atoms with van der Waals surface area (Å²) in [7, 11) is 0. The van der Waals surface area contributed by atoms with Crippen molar-refractivity contribution in [3.05, 3.63) is 34.4 Å². The fourth-order valence-electron chi connectivity index (χ4n) is 0.876. The summed E-state index contributed by atoms with van der Waals surface area (Å²) in [5, 5.41) is 9.08. The predicted molar refractivity (Wildman–Crippen MR) is 50.1 cm³/mol. The Labute approximate surface area is 87.5 Å². The highest BCUT2D eigenvalue weighted by Crippen LogP contribution is 2.24. The van der Waals surface area contributed by atoms with Gasteiger partial charge in [0.2, 0.25) is 0 Å². The minimum absolute atomic E-state index is 0.0984. The number of aliphatic hydroxyl groups is 1. The minimum Gasteiger partial charge on any atom is -0.387 e. The predicted octanol–water partition coefficient (Wildman–Crippen LogP) is 3.05. The summed E-state index contributed by atoms with van der Waals surface area (Å²) in [4.78, 5) is 0. The van der Waals surface area contributed by atoms with Crippen LogP contribution in [0.2, 0.25) is 5.02 Å². The third-order valence-electron chi connectivity index (χ3n) is 1.54. The highest BCUT2D eigenvalue weighted by molar-refractivity contribution is 9.09. The Morgan fingerprint density at radius 2 is 2.00 bits per heavy atom. The van der Waals surface area contributed by atoms with Crippen molar-refractivity contribution in [2.75, 3.05) is 5.33 Å². The summed E-state index contributed by atoms with van der Waals surface area (Å²) < 4.78 is 25.9. The summed E-state index contributed by atoms with van der Waals surface area (Å²) in [6, 6.07) is 1.74. The SMILES string of the molecule is OC(CBr)c1cc(F)c(Cl)cc1F. The van der Waals surface area contributed by atoms with Crippen LogP contribution >= 0.6 is 27.5 Å². The molecular formula is C8H6BrClF2O. The van der Waals surface area contributed by atoms with E-state index >= 15 is 0 Å². The summed E-state index contributed by atoms with van der Waals surface area (Å²) >= 11 is 8.28. The van der Waals surface area contributed by atoms with Gasteiger partial charge in [-0.2, -0.15) is 0 Å². The van der Waals surface area contributed by atoms with Crippen molar-refractivity contribution in [2.24, 2.45) is 0 Å². The number of benzene rings is 1. The molecule has 0 aliphatic rings. The lowest BCUT2D eigenvalue weighted by Crippen LogP contribution is -2.02. The van der Waals surface area contributed by atoms with E-state index in [1.54, 1.807) is 0 Å². The van der Waals surface area contributed by atoms with E-state index in [1.165, 1.54) is 0 Å². The molecule has 1 atom stereocenters. The first kappa shape index (κ1) is 10.9. The lowest BCUT2D eigenvalue weighted by atomic mass is 10.1. The standard InChI is InChI=1S/C8H6BrClF2O/c9-3-8(13)4-1-7(12)5(10)2-6(4)11/h1-2,8,13H,3H2. The zero-order valence-electron chi connectivity index (χ0n) is 6.40. The van der Waals surface area contributed by atoms with Gasteiger partial charge in [0.05, 0.1) is 11.1 Å². The molecule has 0 heterocycles. The number of alkyl halides is 1. The van der Waals surface area contributed by atoms with Crippen molar-refractivity contribution >= 4 is 27.5 Å². The normalized spacial score (nSPS) is 13.0. The Bertz CT molecular complexity index is 319. The summed E-state index contributed by atoms with van der Waals surface area (Å²) in [6.45, 7) is 0. The molecule has 0 spiro atoms. The number of aliphatic hydroxyl groups excluding tert-OH is 1. The summed E-state index contributed by atoms with van der Waals surface area (Å²) in [6.07, 6.45) is -1.06. The molecule has 0 saturated heterocycles. The van der Waals surface area contributed by atoms with Gasteiger partial charge in [0.25, 0.3) is 0 Å². The molecule has 0 aliphatic heterocycles. The molecule has 72 valence electrons. The second kappa shape index (κ2) is 4.35. The lowest BCUT2D eigenvalue weighted by molar-refractivity contribution is 0.199. The molecule has 1 rings (SSSR count). The first-order valence-electron chi connectivity index (χ1n) is 3.44. The fraction of sp³-hybridized carbons (Fsp3) is 0.250. The molecule has 5 heteroatoms. The van der Waals surface area contributed by atoms with Crippen molar-refractivity contribution < 1.29 is 13.9 Å². The van der Waals surface area contributed by atoms with Gasteiger partial charge in [-0.1, -0.05) is 27.5 Å². The zero-order valence-corrected chi connectivity index (χ0v) is 8.74. The fourth-order valence-corrected chi connectivity index (χ4v) is 1.38. The third-order valence-corrected chi connectivity index (χ3v) is 2.45. The van der Waals surface area contributed by atoms with Crippen molar-refractivity contribution in [1.29, 1.82) is 0 Å². The maximum Gasteiger partial charge on any atom is 0.142 e. The Kier molecular flexibility index (Phi) is 3.64. The van der Waals surface area contributed by atoms with Crippen LogP contribution in [0.4, 0.5) is 8.78 Å². The van der Waals surface area contributed by atoms with Gasteiger partial charge in [0.15, 0.2) is 0 Å². The number of rotatable bonds is 2. The summed E-state index contributed by atoms with van der Waals surface area (Å²) in [5.41, 5.74) is -0.0984. The molecule has 0 saturated carbocycles. The van der Waals surface area contributed by atoms with E-state index in [-0.39, 0.29) is 15.9 Å². The van der Waals surface area contributed by atoms with E-state index in [9.17, 15) is 13.9 Å². The molecule has 1 N–H and O–H groups in total. The molecule has 1 aromatic carbocycles. The van der Waals surface area contributed by atoms with Crippen LogP contribution in [0.25, 0.3) is 0 Å². The minimum atomic E-state index is -1.06. The number of hydrogen-bond acceptors (Lipinski definition) is 1. The average Bonchev–Trinajstić information content (AvgIpc) is 2.10. The first-order chi connectivity index (χ1) is 6.06. The van der Waals surface area contributed by atoms with Gasteiger partial charge in [-0.05, 0) is 12.1 Å². The van der Waals surface area contributed by atoms with Crippen LogP contribution in [0.3, 0.4) is 0 Å². The molecule has 0 bridgehead atoms. The quantitative estimate of drug-likeness (QED) is 0.647. The van der Waals surface area contributed by atoms with Crippen LogP contribution in [0.15, 0.2) is 12.1 Å². The van der Waals surface area contributed by atoms with Gasteiger partial charge in [-0.25, -0.2) is 8.78 Å². The van der Waals surface area contributed by atoms with Crippen LogP contribution in [0.5, 0.6) is 0 Å². The van der Waals surface area contributed by atoms with Gasteiger partial charge < -0.3 is 5.11 Å². The molecule has 0 radical (unpaired) electrons. The lowest BCUT2D eigenvalue weighted by Gasteiger charge is -2.08. The molecule has 0 fully saturated rings. The summed E-state index contributed by atoms with van der Waals surface area (Å²) in [5.74, 6) is -1.45. The van der Waals surface area contributed by atoms with Crippen LogP contribution < -0.4 is 0 Å². The number of hydrogen-bond donors (Lipinski definition) is 1. The van der Waals surface area contributed by atoms with Gasteiger partial charge in [-0.3, -0.25) is 0 Å². The molecule has 13 heavy (non-hydrogen) atoms. The average molecular weight is 271 g/mol. The Morgan fingerprint density at radius 1 is 1.38 bits per heavy atom. The monoisotopic (exact) mass is 270 g/mol. The van der Waals surface area contributed by atoms with Crippen LogP contribution in [0, 0.1) is 11.6 Å². The van der Waals surface area contributed by atoms with Crippen LogP contribution in [-0.4, -0.2) is 10.4 Å². The highest BCUT2D eigenvalue weighted by atomic mass is 79.9. The first-order valence-corrected chi connectivity index (χ1v) is 4.94. The van der Waals surface area contributed by atoms with E-state index in [4.69, 9.17) is 11.6 Å². The Hall–Kier alpha value is -0.190. The molecule has 0 amide bonds. The largest absolute Gasteiger partial charge is 0.387 e. The van der Waals surface area contributed by atoms with Gasteiger partial charge in [0.1, 0.15) is 11.6 Å². The van der Waals surface area contributed by atoms with Crippen molar-refractivity contribution in [3.63, 3.8) is 0 Å². The Morgan fingerprint density at radius 3 is 2.54 bits per heavy atom. The van der Waals surface area contributed by atoms with Gasteiger partial charge in [-0.15, -0.1) is 0 Å². The van der Waals surface area contributed by atoms with E-state index < -0.39 is 17.7 Å². The smallest absolute Gasteiger partial charge is 0.142 e.